The summed E-state index contributed by atoms with van der Waals surface area (Å²) in [5, 5.41) is 5.60. The van der Waals surface area contributed by atoms with Crippen molar-refractivity contribution in [3.63, 3.8) is 0 Å². The Morgan fingerprint density at radius 3 is 2.91 bits per heavy atom. The van der Waals surface area contributed by atoms with Crippen molar-refractivity contribution in [3.05, 3.63) is 35.8 Å². The predicted octanol–water partition coefficient (Wildman–Crippen LogP) is 1.71. The highest BCUT2D eigenvalue weighted by atomic mass is 32.2. The van der Waals surface area contributed by atoms with Gasteiger partial charge < -0.3 is 9.32 Å². The number of nitrogens with two attached hydrogens (primary N) is 1. The Morgan fingerprint density at radius 1 is 1.43 bits per heavy atom. The Kier molecular flexibility index (Phi) is 4.11. The van der Waals surface area contributed by atoms with Gasteiger partial charge in [-0.2, -0.15) is 0 Å². The summed E-state index contributed by atoms with van der Waals surface area (Å²) in [6.07, 6.45) is 1.40. The SMILES string of the molecule is NS(=O)(=O)CC1CCCN(C(=O)c2cc3cccc(F)c3o2)C1. The van der Waals surface area contributed by atoms with Crippen LogP contribution in [0.5, 0.6) is 0 Å². The van der Waals surface area contributed by atoms with E-state index in [4.69, 9.17) is 9.56 Å². The number of halogens is 1. The van der Waals surface area contributed by atoms with Crippen molar-refractivity contribution in [2.45, 2.75) is 12.8 Å². The molecule has 1 saturated heterocycles. The number of benzene rings is 1. The van der Waals surface area contributed by atoms with E-state index < -0.39 is 15.8 Å². The monoisotopic (exact) mass is 340 g/mol. The fraction of sp³-hybridized carbons (Fsp3) is 0.400. The van der Waals surface area contributed by atoms with Crippen molar-refractivity contribution in [2.75, 3.05) is 18.8 Å². The molecule has 2 heterocycles. The number of nitrogens with zero attached hydrogens (tertiary/aromatic N) is 1. The van der Waals surface area contributed by atoms with Gasteiger partial charge in [-0.3, -0.25) is 4.79 Å². The van der Waals surface area contributed by atoms with Crippen molar-refractivity contribution >= 4 is 26.9 Å². The second-order valence-corrected chi connectivity index (χ2v) is 7.52. The third-order valence-corrected chi connectivity index (χ3v) is 4.92. The number of likely N-dealkylation sites (tertiary alicyclic amines) is 1. The van der Waals surface area contributed by atoms with Gasteiger partial charge in [0.15, 0.2) is 17.2 Å². The van der Waals surface area contributed by atoms with Gasteiger partial charge in [-0.1, -0.05) is 12.1 Å². The fourth-order valence-corrected chi connectivity index (χ4v) is 3.93. The number of fused-ring (bicyclic) bond motifs is 1. The Labute approximate surface area is 133 Å². The molecule has 1 unspecified atom stereocenters. The second-order valence-electron chi connectivity index (χ2n) is 5.86. The van der Waals surface area contributed by atoms with E-state index in [1.54, 1.807) is 12.1 Å². The zero-order valence-electron chi connectivity index (χ0n) is 12.4. The second kappa shape index (κ2) is 5.93. The van der Waals surface area contributed by atoms with Gasteiger partial charge in [-0.25, -0.2) is 17.9 Å². The smallest absolute Gasteiger partial charge is 0.289 e. The summed E-state index contributed by atoms with van der Waals surface area (Å²) in [7, 11) is -3.57. The zero-order valence-corrected chi connectivity index (χ0v) is 13.2. The first-order chi connectivity index (χ1) is 10.8. The van der Waals surface area contributed by atoms with Gasteiger partial charge in [0.05, 0.1) is 5.75 Å². The van der Waals surface area contributed by atoms with E-state index in [0.29, 0.717) is 31.3 Å². The number of piperidine rings is 1. The maximum absolute atomic E-state index is 13.7. The van der Waals surface area contributed by atoms with E-state index in [9.17, 15) is 17.6 Å². The normalized spacial score (nSPS) is 19.2. The number of para-hydroxylation sites is 1. The van der Waals surface area contributed by atoms with Crippen LogP contribution in [0.25, 0.3) is 11.0 Å². The lowest BCUT2D eigenvalue weighted by atomic mass is 10.00. The lowest BCUT2D eigenvalue weighted by molar-refractivity contribution is 0.0654. The molecule has 0 spiro atoms. The molecule has 2 N–H and O–H groups in total. The number of rotatable bonds is 3. The van der Waals surface area contributed by atoms with Gasteiger partial charge in [0.1, 0.15) is 0 Å². The first-order valence-corrected chi connectivity index (χ1v) is 9.03. The van der Waals surface area contributed by atoms with Gasteiger partial charge in [-0.05, 0) is 30.9 Å². The largest absolute Gasteiger partial charge is 0.448 e. The summed E-state index contributed by atoms with van der Waals surface area (Å²) >= 11 is 0. The summed E-state index contributed by atoms with van der Waals surface area (Å²) < 4.78 is 41.4. The van der Waals surface area contributed by atoms with Crippen LogP contribution in [0.15, 0.2) is 28.7 Å². The molecule has 1 aromatic carbocycles. The minimum Gasteiger partial charge on any atom is -0.448 e. The molecule has 3 rings (SSSR count). The van der Waals surface area contributed by atoms with E-state index >= 15 is 0 Å². The highest BCUT2D eigenvalue weighted by Crippen LogP contribution is 2.25. The van der Waals surface area contributed by atoms with E-state index in [2.05, 4.69) is 0 Å². The Balaban J connectivity index is 1.80. The highest BCUT2D eigenvalue weighted by molar-refractivity contribution is 7.89. The van der Waals surface area contributed by atoms with Crippen LogP contribution >= 0.6 is 0 Å². The molecule has 1 aromatic heterocycles. The number of primary sulfonamides is 1. The van der Waals surface area contributed by atoms with Gasteiger partial charge in [0.25, 0.3) is 5.91 Å². The molecule has 1 fully saturated rings. The van der Waals surface area contributed by atoms with Crippen LogP contribution in [-0.2, 0) is 10.0 Å². The Hall–Kier alpha value is -1.93. The van der Waals surface area contributed by atoms with E-state index in [1.807, 2.05) is 0 Å². The molecule has 2 aromatic rings. The number of carbonyl (C=O) groups is 1. The molecular formula is C15H17FN2O4S. The quantitative estimate of drug-likeness (QED) is 0.920. The topological polar surface area (TPSA) is 93.6 Å². The number of furan rings is 1. The summed E-state index contributed by atoms with van der Waals surface area (Å²) in [4.78, 5) is 14.1. The van der Waals surface area contributed by atoms with E-state index in [1.165, 1.54) is 17.0 Å². The van der Waals surface area contributed by atoms with Crippen molar-refractivity contribution < 1.29 is 22.0 Å². The first-order valence-electron chi connectivity index (χ1n) is 7.31. The van der Waals surface area contributed by atoms with Crippen LogP contribution in [0.4, 0.5) is 4.39 Å². The summed E-state index contributed by atoms with van der Waals surface area (Å²) in [6.45, 7) is 0.814. The number of amides is 1. The Morgan fingerprint density at radius 2 is 2.22 bits per heavy atom. The maximum Gasteiger partial charge on any atom is 0.289 e. The number of hydrogen-bond acceptors (Lipinski definition) is 4. The van der Waals surface area contributed by atoms with Crippen LogP contribution < -0.4 is 5.14 Å². The van der Waals surface area contributed by atoms with Gasteiger partial charge in [-0.15, -0.1) is 0 Å². The fourth-order valence-electron chi connectivity index (χ4n) is 3.00. The summed E-state index contributed by atoms with van der Waals surface area (Å²) in [5.74, 6) is -1.16. The van der Waals surface area contributed by atoms with Crippen molar-refractivity contribution in [1.82, 2.24) is 4.90 Å². The molecule has 1 atom stereocenters. The van der Waals surface area contributed by atoms with Crippen LogP contribution in [0.2, 0.25) is 0 Å². The lowest BCUT2D eigenvalue weighted by Gasteiger charge is -2.31. The molecule has 0 bridgehead atoms. The summed E-state index contributed by atoms with van der Waals surface area (Å²) in [5.41, 5.74) is 0.0499. The average molecular weight is 340 g/mol. The molecule has 1 aliphatic rings. The molecule has 0 aliphatic carbocycles. The van der Waals surface area contributed by atoms with Gasteiger partial charge in [0.2, 0.25) is 10.0 Å². The first kappa shape index (κ1) is 15.9. The molecule has 23 heavy (non-hydrogen) atoms. The molecule has 0 saturated carbocycles. The minimum absolute atomic E-state index is 0.0499. The van der Waals surface area contributed by atoms with E-state index in [0.717, 1.165) is 0 Å². The highest BCUT2D eigenvalue weighted by Gasteiger charge is 2.28. The number of carbonyl (C=O) groups excluding carboxylic acids is 1. The molecule has 8 heteroatoms. The lowest BCUT2D eigenvalue weighted by Crippen LogP contribution is -2.42. The molecule has 6 nitrogen and oxygen atoms in total. The van der Waals surface area contributed by atoms with Crippen LogP contribution in [0.3, 0.4) is 0 Å². The van der Waals surface area contributed by atoms with E-state index in [-0.39, 0.29) is 28.9 Å². The minimum atomic E-state index is -3.57. The van der Waals surface area contributed by atoms with Crippen molar-refractivity contribution in [1.29, 1.82) is 0 Å². The predicted molar refractivity (Wildman–Crippen MR) is 82.8 cm³/mol. The van der Waals surface area contributed by atoms with Gasteiger partial charge in [0, 0.05) is 18.5 Å². The van der Waals surface area contributed by atoms with Gasteiger partial charge >= 0.3 is 0 Å². The van der Waals surface area contributed by atoms with Crippen molar-refractivity contribution in [2.24, 2.45) is 11.1 Å². The number of sulfonamides is 1. The molecule has 124 valence electrons. The summed E-state index contributed by atoms with van der Waals surface area (Å²) in [6, 6.07) is 5.98. The van der Waals surface area contributed by atoms with Crippen LogP contribution in [0, 0.1) is 11.7 Å². The number of hydrogen-bond donors (Lipinski definition) is 1. The van der Waals surface area contributed by atoms with Crippen molar-refractivity contribution in [3.8, 4) is 0 Å². The molecular weight excluding hydrogens is 323 g/mol. The third-order valence-electron chi connectivity index (χ3n) is 3.98. The molecule has 1 aliphatic heterocycles. The third kappa shape index (κ3) is 3.53. The Bertz CT molecular complexity index is 846. The molecule has 1 amide bonds. The molecule has 0 radical (unpaired) electrons. The van der Waals surface area contributed by atoms with Crippen LogP contribution in [-0.4, -0.2) is 38.1 Å². The standard InChI is InChI=1S/C15H17FN2O4S/c16-12-5-1-4-11-7-13(22-14(11)12)15(19)18-6-2-3-10(8-18)9-23(17,20)21/h1,4-5,7,10H,2-3,6,8-9H2,(H2,17,20,21). The average Bonchev–Trinajstić information content (AvgIpc) is 2.90. The van der Waals surface area contributed by atoms with Crippen LogP contribution in [0.1, 0.15) is 23.4 Å². The zero-order chi connectivity index (χ0) is 16.6. The maximum atomic E-state index is 13.7.